The van der Waals surface area contributed by atoms with E-state index in [2.05, 4.69) is 6.58 Å². The molecule has 0 unspecified atom stereocenters. The van der Waals surface area contributed by atoms with Gasteiger partial charge in [-0.2, -0.15) is 0 Å². The smallest absolute Gasteiger partial charge is 0.327 e. The molecule has 19 heavy (non-hydrogen) atoms. The highest BCUT2D eigenvalue weighted by Gasteiger charge is 2.30. The number of aliphatic carboxylic acids is 1. The zero-order valence-corrected chi connectivity index (χ0v) is 12.0. The summed E-state index contributed by atoms with van der Waals surface area (Å²) in [4.78, 5) is 20.6. The van der Waals surface area contributed by atoms with E-state index in [1.54, 1.807) is 27.7 Å². The summed E-state index contributed by atoms with van der Waals surface area (Å²) < 4.78 is 4.99. The lowest BCUT2D eigenvalue weighted by molar-refractivity contribution is -0.159. The number of carbonyl (C=O) groups is 2. The monoisotopic (exact) mass is 276 g/mol. The van der Waals surface area contributed by atoms with Crippen LogP contribution < -0.4 is 0 Å². The van der Waals surface area contributed by atoms with Crippen LogP contribution in [0.3, 0.4) is 0 Å². The molecule has 0 atom stereocenters. The molecule has 0 saturated carbocycles. The molecule has 0 aliphatic rings. The topological polar surface area (TPSA) is 104 Å². The molecule has 0 fully saturated rings. The summed E-state index contributed by atoms with van der Waals surface area (Å²) in [5, 5.41) is 25.4. The van der Waals surface area contributed by atoms with E-state index in [0.29, 0.717) is 0 Å². The maximum absolute atomic E-state index is 11.4. The van der Waals surface area contributed by atoms with E-state index in [1.165, 1.54) is 0 Å². The molecule has 0 aliphatic heterocycles. The molecule has 6 nitrogen and oxygen atoms in total. The highest BCUT2D eigenvalue weighted by atomic mass is 16.5. The van der Waals surface area contributed by atoms with Gasteiger partial charge in [-0.3, -0.25) is 4.79 Å². The average molecular weight is 276 g/mol. The molecule has 0 spiro atoms. The lowest BCUT2D eigenvalue weighted by atomic mass is 9.94. The van der Waals surface area contributed by atoms with Gasteiger partial charge in [0.25, 0.3) is 0 Å². The number of ether oxygens (including phenoxy) is 1. The van der Waals surface area contributed by atoms with Crippen molar-refractivity contribution in [1.82, 2.24) is 0 Å². The normalized spacial score (nSPS) is 11.1. The van der Waals surface area contributed by atoms with Crippen molar-refractivity contribution in [3.05, 3.63) is 12.7 Å². The SMILES string of the molecule is C=CC(=O)O.CC(C)(CO)COC(=O)C(C)(C)CO. The molecule has 3 N–H and O–H groups in total. The second kappa shape index (κ2) is 8.66. The molecule has 0 bridgehead atoms. The highest BCUT2D eigenvalue weighted by Crippen LogP contribution is 2.19. The first-order chi connectivity index (χ1) is 8.52. The number of carbonyl (C=O) groups excluding carboxylic acids is 1. The molecule has 0 aromatic rings. The summed E-state index contributed by atoms with van der Waals surface area (Å²) in [5.74, 6) is -1.42. The molecule has 0 heterocycles. The van der Waals surface area contributed by atoms with Crippen LogP contribution in [0.2, 0.25) is 0 Å². The van der Waals surface area contributed by atoms with Gasteiger partial charge in [-0.25, -0.2) is 4.79 Å². The third kappa shape index (κ3) is 10.2. The summed E-state index contributed by atoms with van der Waals surface area (Å²) >= 11 is 0. The Hall–Kier alpha value is -1.40. The third-order valence-corrected chi connectivity index (χ3v) is 2.14. The molecular weight excluding hydrogens is 252 g/mol. The summed E-state index contributed by atoms with van der Waals surface area (Å²) in [6.07, 6.45) is 0.833. The van der Waals surface area contributed by atoms with Gasteiger partial charge in [-0.15, -0.1) is 0 Å². The second-order valence-electron chi connectivity index (χ2n) is 5.48. The van der Waals surface area contributed by atoms with Gasteiger partial charge in [0.1, 0.15) is 0 Å². The third-order valence-electron chi connectivity index (χ3n) is 2.14. The van der Waals surface area contributed by atoms with Gasteiger partial charge in [-0.05, 0) is 13.8 Å². The first kappa shape index (κ1) is 19.9. The molecule has 0 aromatic carbocycles. The molecule has 0 radical (unpaired) electrons. The molecule has 112 valence electrons. The van der Waals surface area contributed by atoms with Crippen LogP contribution in [0.15, 0.2) is 12.7 Å². The van der Waals surface area contributed by atoms with Crippen LogP contribution >= 0.6 is 0 Å². The van der Waals surface area contributed by atoms with Crippen LogP contribution in [0.1, 0.15) is 27.7 Å². The van der Waals surface area contributed by atoms with Crippen LogP contribution in [0, 0.1) is 10.8 Å². The number of esters is 1. The number of rotatable bonds is 6. The van der Waals surface area contributed by atoms with Gasteiger partial charge in [0.05, 0.1) is 25.2 Å². The largest absolute Gasteiger partial charge is 0.478 e. The van der Waals surface area contributed by atoms with E-state index in [9.17, 15) is 9.59 Å². The highest BCUT2D eigenvalue weighted by molar-refractivity contribution is 5.78. The quantitative estimate of drug-likeness (QED) is 0.490. The predicted octanol–water partition coefficient (Wildman–Crippen LogP) is 0.824. The average Bonchev–Trinajstić information content (AvgIpc) is 2.36. The first-order valence-corrected chi connectivity index (χ1v) is 5.76. The Bertz CT molecular complexity index is 306. The van der Waals surface area contributed by atoms with E-state index < -0.39 is 22.8 Å². The van der Waals surface area contributed by atoms with E-state index in [-0.39, 0.29) is 19.8 Å². The Labute approximate surface area is 113 Å². The van der Waals surface area contributed by atoms with Crippen molar-refractivity contribution in [1.29, 1.82) is 0 Å². The van der Waals surface area contributed by atoms with Crippen molar-refractivity contribution in [2.45, 2.75) is 27.7 Å². The fourth-order valence-electron chi connectivity index (χ4n) is 0.566. The van der Waals surface area contributed by atoms with Crippen molar-refractivity contribution in [3.63, 3.8) is 0 Å². The van der Waals surface area contributed by atoms with Crippen molar-refractivity contribution < 1.29 is 29.6 Å². The molecule has 0 aromatic heterocycles. The number of hydrogen-bond donors (Lipinski definition) is 3. The Morgan fingerprint density at radius 3 is 1.84 bits per heavy atom. The van der Waals surface area contributed by atoms with Crippen LogP contribution in [0.5, 0.6) is 0 Å². The van der Waals surface area contributed by atoms with E-state index in [1.807, 2.05) is 0 Å². The predicted molar refractivity (Wildman–Crippen MR) is 70.5 cm³/mol. The molecule has 6 heteroatoms. The fourth-order valence-corrected chi connectivity index (χ4v) is 0.566. The zero-order valence-electron chi connectivity index (χ0n) is 12.0. The first-order valence-electron chi connectivity index (χ1n) is 5.76. The standard InChI is InChI=1S/C10H20O4.C3H4O2/c1-9(2,5-11)7-14-8(13)10(3,4)6-12;1-2-3(4)5/h11-12H,5-7H2,1-4H3;2H,1H2,(H,4,5). The molecule has 0 rings (SSSR count). The fraction of sp³-hybridized carbons (Fsp3) is 0.692. The van der Waals surface area contributed by atoms with E-state index >= 15 is 0 Å². The Morgan fingerprint density at radius 2 is 1.58 bits per heavy atom. The Balaban J connectivity index is 0. The summed E-state index contributed by atoms with van der Waals surface area (Å²) in [5.41, 5.74) is -1.30. The Morgan fingerprint density at radius 1 is 1.16 bits per heavy atom. The minimum Gasteiger partial charge on any atom is -0.478 e. The number of hydrogen-bond acceptors (Lipinski definition) is 5. The summed E-state index contributed by atoms with van der Waals surface area (Å²) in [7, 11) is 0. The molecule has 0 amide bonds. The van der Waals surface area contributed by atoms with Gasteiger partial charge in [0.2, 0.25) is 0 Å². The molecule has 0 aliphatic carbocycles. The van der Waals surface area contributed by atoms with Gasteiger partial charge < -0.3 is 20.1 Å². The second-order valence-corrected chi connectivity index (χ2v) is 5.48. The van der Waals surface area contributed by atoms with Crippen molar-refractivity contribution in [2.24, 2.45) is 10.8 Å². The number of carboxylic acid groups (broad SMARTS) is 1. The number of aliphatic hydroxyl groups excluding tert-OH is 2. The minimum absolute atomic E-state index is 0.0418. The van der Waals surface area contributed by atoms with Gasteiger partial charge in [-0.1, -0.05) is 20.4 Å². The lowest BCUT2D eigenvalue weighted by Crippen LogP contribution is -2.34. The maximum Gasteiger partial charge on any atom is 0.327 e. The van der Waals surface area contributed by atoms with Crippen LogP contribution in [-0.4, -0.2) is 47.1 Å². The van der Waals surface area contributed by atoms with Gasteiger partial charge in [0, 0.05) is 11.5 Å². The van der Waals surface area contributed by atoms with E-state index in [4.69, 9.17) is 20.1 Å². The van der Waals surface area contributed by atoms with Crippen LogP contribution in [0.4, 0.5) is 0 Å². The maximum atomic E-state index is 11.4. The minimum atomic E-state index is -0.981. The van der Waals surface area contributed by atoms with Gasteiger partial charge >= 0.3 is 11.9 Å². The van der Waals surface area contributed by atoms with Crippen molar-refractivity contribution >= 4 is 11.9 Å². The van der Waals surface area contributed by atoms with Crippen LogP contribution in [-0.2, 0) is 14.3 Å². The van der Waals surface area contributed by atoms with Gasteiger partial charge in [0.15, 0.2) is 0 Å². The Kier molecular flexibility index (Phi) is 9.08. The zero-order chi connectivity index (χ0) is 15.7. The van der Waals surface area contributed by atoms with E-state index in [0.717, 1.165) is 6.08 Å². The van der Waals surface area contributed by atoms with Crippen molar-refractivity contribution in [3.8, 4) is 0 Å². The number of carboxylic acids is 1. The molecular formula is C13H24O6. The van der Waals surface area contributed by atoms with Crippen molar-refractivity contribution in [2.75, 3.05) is 19.8 Å². The summed E-state index contributed by atoms with van der Waals surface area (Å²) in [6.45, 7) is 9.65. The van der Waals surface area contributed by atoms with Crippen LogP contribution in [0.25, 0.3) is 0 Å². The summed E-state index contributed by atoms with van der Waals surface area (Å²) in [6, 6.07) is 0. The molecule has 0 saturated heterocycles. The lowest BCUT2D eigenvalue weighted by Gasteiger charge is -2.25. The number of aliphatic hydroxyl groups is 2.